The third kappa shape index (κ3) is 4.92. The molecule has 1 aromatic rings. The molecule has 9 heteroatoms. The van der Waals surface area contributed by atoms with E-state index >= 15 is 0 Å². The largest absolute Gasteiger partial charge is 0.478 e. The van der Waals surface area contributed by atoms with Crippen molar-refractivity contribution in [2.24, 2.45) is 0 Å². The summed E-state index contributed by atoms with van der Waals surface area (Å²) >= 11 is 0. The minimum atomic E-state index is -4.85. The molecular weight excluding hydrogens is 305 g/mol. The number of halogens is 3. The van der Waals surface area contributed by atoms with Crippen molar-refractivity contribution in [2.75, 3.05) is 6.54 Å². The highest BCUT2D eigenvalue weighted by molar-refractivity contribution is 5.87. The fourth-order valence-electron chi connectivity index (χ4n) is 1.36. The van der Waals surface area contributed by atoms with E-state index in [0.29, 0.717) is 12.5 Å². The molecule has 22 heavy (non-hydrogen) atoms. The lowest BCUT2D eigenvalue weighted by Gasteiger charge is -2.26. The molecule has 0 radical (unpaired) electrons. The zero-order valence-corrected chi connectivity index (χ0v) is 11.6. The van der Waals surface area contributed by atoms with Gasteiger partial charge in [0.15, 0.2) is 5.60 Å². The van der Waals surface area contributed by atoms with E-state index in [2.05, 4.69) is 5.32 Å². The summed E-state index contributed by atoms with van der Waals surface area (Å²) in [5.41, 5.74) is -2.37. The normalized spacial score (nSPS) is 14.0. The molecule has 0 aromatic heterocycles. The molecule has 0 spiro atoms. The number of nitrogens with one attached hydrogen (secondary N) is 2. The Kier molecular flexibility index (Phi) is 5.37. The summed E-state index contributed by atoms with van der Waals surface area (Å²) in [5, 5.41) is 22.1. The Bertz CT molecular complexity index is 541. The van der Waals surface area contributed by atoms with E-state index in [1.807, 2.05) is 5.32 Å². The van der Waals surface area contributed by atoms with Gasteiger partial charge in [-0.3, -0.25) is 0 Å². The smallest absolute Gasteiger partial charge is 0.418 e. The van der Waals surface area contributed by atoms with Crippen molar-refractivity contribution in [3.8, 4) is 0 Å². The van der Waals surface area contributed by atoms with Crippen LogP contribution in [-0.2, 0) is 6.54 Å². The van der Waals surface area contributed by atoms with Gasteiger partial charge in [0.05, 0.1) is 12.1 Å². The number of hydrogen-bond acceptors (Lipinski definition) is 3. The molecule has 0 aliphatic rings. The third-order valence-electron chi connectivity index (χ3n) is 2.86. The summed E-state index contributed by atoms with van der Waals surface area (Å²) in [7, 11) is 0. The van der Waals surface area contributed by atoms with Crippen LogP contribution in [0.2, 0.25) is 0 Å². The Morgan fingerprint density at radius 2 is 1.68 bits per heavy atom. The molecule has 0 bridgehead atoms. The van der Waals surface area contributed by atoms with Crippen LogP contribution in [0.5, 0.6) is 0 Å². The van der Waals surface area contributed by atoms with Crippen molar-refractivity contribution in [1.82, 2.24) is 10.6 Å². The van der Waals surface area contributed by atoms with Gasteiger partial charge in [0.1, 0.15) is 0 Å². The summed E-state index contributed by atoms with van der Waals surface area (Å²) in [6.45, 7) is -0.432. The molecule has 0 aliphatic carbocycles. The molecule has 122 valence electrons. The number of aliphatic hydroxyl groups is 1. The van der Waals surface area contributed by atoms with Crippen molar-refractivity contribution < 1.29 is 33.0 Å². The highest BCUT2D eigenvalue weighted by Crippen LogP contribution is 2.29. The van der Waals surface area contributed by atoms with Crippen LogP contribution in [0.1, 0.15) is 22.8 Å². The van der Waals surface area contributed by atoms with Crippen LogP contribution >= 0.6 is 0 Å². The maximum atomic E-state index is 12.4. The van der Waals surface area contributed by atoms with Crippen LogP contribution in [0.4, 0.5) is 18.0 Å². The van der Waals surface area contributed by atoms with Gasteiger partial charge in [-0.25, -0.2) is 9.59 Å². The van der Waals surface area contributed by atoms with Gasteiger partial charge >= 0.3 is 18.2 Å². The molecule has 1 rings (SSSR count). The third-order valence-corrected chi connectivity index (χ3v) is 2.86. The van der Waals surface area contributed by atoms with E-state index in [-0.39, 0.29) is 12.1 Å². The number of benzene rings is 1. The van der Waals surface area contributed by atoms with Gasteiger partial charge in [-0.1, -0.05) is 12.1 Å². The topological polar surface area (TPSA) is 98.7 Å². The van der Waals surface area contributed by atoms with E-state index in [9.17, 15) is 22.8 Å². The molecule has 2 amide bonds. The Labute approximate surface area is 123 Å². The van der Waals surface area contributed by atoms with Gasteiger partial charge in [0.2, 0.25) is 0 Å². The number of carbonyl (C=O) groups is 2. The molecule has 0 saturated heterocycles. The van der Waals surface area contributed by atoms with E-state index in [1.54, 1.807) is 0 Å². The van der Waals surface area contributed by atoms with Gasteiger partial charge in [0.25, 0.3) is 0 Å². The molecule has 0 aliphatic heterocycles. The van der Waals surface area contributed by atoms with Crippen molar-refractivity contribution in [3.05, 3.63) is 35.4 Å². The number of carboxylic acids is 1. The predicted molar refractivity (Wildman–Crippen MR) is 70.3 cm³/mol. The lowest BCUT2D eigenvalue weighted by Crippen LogP contribution is -2.52. The average molecular weight is 320 g/mol. The van der Waals surface area contributed by atoms with Gasteiger partial charge in [0, 0.05) is 6.54 Å². The first-order valence-corrected chi connectivity index (χ1v) is 6.16. The number of hydrogen-bond donors (Lipinski definition) is 4. The maximum absolute atomic E-state index is 12.4. The fourth-order valence-corrected chi connectivity index (χ4v) is 1.36. The molecule has 1 atom stereocenters. The average Bonchev–Trinajstić information content (AvgIpc) is 2.42. The first-order chi connectivity index (χ1) is 10.0. The predicted octanol–water partition coefficient (Wildman–Crippen LogP) is 1.50. The standard InChI is InChI=1S/C13H15F3N2O4/c1-12(22,13(14,15)16)7-18-11(21)17-6-8-2-4-9(5-3-8)10(19)20/h2-5,22H,6-7H2,1H3,(H,19,20)(H2,17,18,21). The van der Waals surface area contributed by atoms with Crippen LogP contribution in [0.15, 0.2) is 24.3 Å². The number of alkyl halides is 3. The number of aromatic carboxylic acids is 1. The Balaban J connectivity index is 2.45. The fraction of sp³-hybridized carbons (Fsp3) is 0.385. The van der Waals surface area contributed by atoms with Crippen LogP contribution in [0.25, 0.3) is 0 Å². The summed E-state index contributed by atoms with van der Waals surface area (Å²) in [6, 6.07) is 4.73. The summed E-state index contributed by atoms with van der Waals surface area (Å²) in [5.74, 6) is -1.09. The molecule has 1 aromatic carbocycles. The highest BCUT2D eigenvalue weighted by atomic mass is 19.4. The second-order valence-electron chi connectivity index (χ2n) is 4.81. The van der Waals surface area contributed by atoms with Crippen LogP contribution in [-0.4, -0.2) is 40.5 Å². The van der Waals surface area contributed by atoms with Crippen LogP contribution in [0.3, 0.4) is 0 Å². The molecule has 0 heterocycles. The zero-order valence-electron chi connectivity index (χ0n) is 11.6. The Hall–Kier alpha value is -2.29. The molecule has 4 N–H and O–H groups in total. The van der Waals surface area contributed by atoms with E-state index in [4.69, 9.17) is 10.2 Å². The van der Waals surface area contributed by atoms with Gasteiger partial charge in [-0.15, -0.1) is 0 Å². The second kappa shape index (κ2) is 6.65. The first-order valence-electron chi connectivity index (χ1n) is 6.16. The van der Waals surface area contributed by atoms with E-state index in [0.717, 1.165) is 0 Å². The SMILES string of the molecule is CC(O)(CNC(=O)NCc1ccc(C(=O)O)cc1)C(F)(F)F. The number of urea groups is 1. The first kappa shape index (κ1) is 17.8. The molecule has 0 fully saturated rings. The number of carboxylic acid groups (broad SMARTS) is 1. The number of carbonyl (C=O) groups excluding carboxylic acids is 1. The molecule has 6 nitrogen and oxygen atoms in total. The zero-order chi connectivity index (χ0) is 17.0. The Morgan fingerprint density at radius 1 is 1.14 bits per heavy atom. The lowest BCUT2D eigenvalue weighted by atomic mass is 10.1. The quantitative estimate of drug-likeness (QED) is 0.661. The minimum absolute atomic E-state index is 0.000106. The van der Waals surface area contributed by atoms with Gasteiger partial charge in [-0.2, -0.15) is 13.2 Å². The van der Waals surface area contributed by atoms with Crippen molar-refractivity contribution in [2.45, 2.75) is 25.2 Å². The van der Waals surface area contributed by atoms with E-state index in [1.165, 1.54) is 24.3 Å². The highest BCUT2D eigenvalue weighted by Gasteiger charge is 2.49. The lowest BCUT2D eigenvalue weighted by molar-refractivity contribution is -0.249. The van der Waals surface area contributed by atoms with E-state index < -0.39 is 30.3 Å². The van der Waals surface area contributed by atoms with Crippen LogP contribution < -0.4 is 10.6 Å². The molecular formula is C13H15F3N2O4. The summed E-state index contributed by atoms with van der Waals surface area (Å²) in [4.78, 5) is 22.0. The molecule has 0 saturated carbocycles. The van der Waals surface area contributed by atoms with Gasteiger partial charge in [-0.05, 0) is 24.6 Å². The van der Waals surface area contributed by atoms with Gasteiger partial charge < -0.3 is 20.8 Å². The summed E-state index contributed by atoms with van der Waals surface area (Å²) < 4.78 is 37.1. The minimum Gasteiger partial charge on any atom is -0.478 e. The number of amides is 2. The maximum Gasteiger partial charge on any atom is 0.418 e. The van der Waals surface area contributed by atoms with Crippen LogP contribution in [0, 0.1) is 0 Å². The monoisotopic (exact) mass is 320 g/mol. The van der Waals surface area contributed by atoms with Crippen molar-refractivity contribution in [3.63, 3.8) is 0 Å². The van der Waals surface area contributed by atoms with Crippen molar-refractivity contribution >= 4 is 12.0 Å². The summed E-state index contributed by atoms with van der Waals surface area (Å²) in [6.07, 6.45) is -4.85. The second-order valence-corrected chi connectivity index (χ2v) is 4.81. The molecule has 1 unspecified atom stereocenters. The van der Waals surface area contributed by atoms with Crippen molar-refractivity contribution in [1.29, 1.82) is 0 Å². The Morgan fingerprint density at radius 3 is 2.14 bits per heavy atom. The number of rotatable bonds is 5.